The number of aromatic nitrogens is 2. The number of hydrogen-bond donors (Lipinski definition) is 1. The molecule has 3 rings (SSSR count). The lowest BCUT2D eigenvalue weighted by Crippen LogP contribution is -2.14. The summed E-state index contributed by atoms with van der Waals surface area (Å²) in [5, 5.41) is 9.78. The number of anilines is 1. The lowest BCUT2D eigenvalue weighted by Gasteiger charge is -2.02. The Morgan fingerprint density at radius 1 is 1.09 bits per heavy atom. The smallest absolute Gasteiger partial charge is 0.322 e. The Kier molecular flexibility index (Phi) is 3.84. The number of halogens is 2. The van der Waals surface area contributed by atoms with Gasteiger partial charge in [-0.25, -0.2) is 8.78 Å². The summed E-state index contributed by atoms with van der Waals surface area (Å²) < 4.78 is 31.7. The van der Waals surface area contributed by atoms with Gasteiger partial charge in [0.05, 0.1) is 5.56 Å². The third kappa shape index (κ3) is 3.23. The molecule has 0 aliphatic rings. The fourth-order valence-electron chi connectivity index (χ4n) is 1.92. The molecule has 116 valence electrons. The van der Waals surface area contributed by atoms with Crippen LogP contribution < -0.4 is 5.32 Å². The van der Waals surface area contributed by atoms with E-state index in [2.05, 4.69) is 15.5 Å². The second-order valence-corrected chi connectivity index (χ2v) is 4.86. The molecule has 0 fully saturated rings. The van der Waals surface area contributed by atoms with Crippen molar-refractivity contribution >= 4 is 11.9 Å². The highest BCUT2D eigenvalue weighted by Gasteiger charge is 2.16. The molecular weight excluding hydrogens is 304 g/mol. The highest BCUT2D eigenvalue weighted by atomic mass is 19.1. The number of aryl methyl sites for hydroxylation is 1. The van der Waals surface area contributed by atoms with Gasteiger partial charge in [0.2, 0.25) is 5.89 Å². The molecule has 0 atom stereocenters. The first-order valence-electron chi connectivity index (χ1n) is 6.70. The van der Waals surface area contributed by atoms with E-state index in [0.717, 1.165) is 17.7 Å². The molecule has 23 heavy (non-hydrogen) atoms. The Balaban J connectivity index is 1.78. The molecule has 2 aromatic carbocycles. The van der Waals surface area contributed by atoms with Crippen LogP contribution in [0, 0.1) is 18.6 Å². The molecule has 0 saturated carbocycles. The predicted molar refractivity (Wildman–Crippen MR) is 78.8 cm³/mol. The van der Waals surface area contributed by atoms with Gasteiger partial charge >= 0.3 is 6.01 Å². The number of rotatable bonds is 3. The van der Waals surface area contributed by atoms with Crippen LogP contribution in [0.15, 0.2) is 46.9 Å². The van der Waals surface area contributed by atoms with Crippen molar-refractivity contribution in [2.75, 3.05) is 5.32 Å². The molecule has 0 bridgehead atoms. The van der Waals surface area contributed by atoms with Gasteiger partial charge in [0.15, 0.2) is 0 Å². The highest BCUT2D eigenvalue weighted by Crippen LogP contribution is 2.20. The molecule has 1 heterocycles. The van der Waals surface area contributed by atoms with Crippen molar-refractivity contribution in [1.29, 1.82) is 0 Å². The number of carbonyl (C=O) groups excluding carboxylic acids is 1. The van der Waals surface area contributed by atoms with Crippen LogP contribution in [0.1, 0.15) is 15.9 Å². The average molecular weight is 315 g/mol. The van der Waals surface area contributed by atoms with E-state index in [1.165, 1.54) is 0 Å². The molecular formula is C16H11F2N3O2. The van der Waals surface area contributed by atoms with Crippen molar-refractivity contribution < 1.29 is 18.0 Å². The number of hydrogen-bond acceptors (Lipinski definition) is 4. The largest absolute Gasteiger partial charge is 0.403 e. The van der Waals surface area contributed by atoms with Crippen LogP contribution in [0.3, 0.4) is 0 Å². The van der Waals surface area contributed by atoms with Crippen molar-refractivity contribution in [3.05, 3.63) is 65.2 Å². The molecule has 0 aliphatic heterocycles. The van der Waals surface area contributed by atoms with Crippen LogP contribution in [-0.2, 0) is 0 Å². The number of amides is 1. The minimum absolute atomic E-state index is 0.172. The molecule has 0 unspecified atom stereocenters. The molecule has 0 spiro atoms. The third-order valence-electron chi connectivity index (χ3n) is 3.12. The maximum Gasteiger partial charge on any atom is 0.322 e. The zero-order chi connectivity index (χ0) is 16.4. The van der Waals surface area contributed by atoms with Crippen LogP contribution in [0.4, 0.5) is 14.8 Å². The number of benzene rings is 2. The summed E-state index contributed by atoms with van der Waals surface area (Å²) in [5.41, 5.74) is 1.45. The lowest BCUT2D eigenvalue weighted by molar-refractivity contribution is 0.102. The SMILES string of the molecule is Cc1ccc(-c2nnc(NC(=O)c3ccc(F)cc3F)o2)cc1. The van der Waals surface area contributed by atoms with Crippen molar-refractivity contribution in [3.63, 3.8) is 0 Å². The molecule has 0 radical (unpaired) electrons. The zero-order valence-corrected chi connectivity index (χ0v) is 12.0. The quantitative estimate of drug-likeness (QED) is 0.802. The Labute approximate surface area is 130 Å². The molecule has 3 aromatic rings. The van der Waals surface area contributed by atoms with E-state index in [9.17, 15) is 13.6 Å². The Morgan fingerprint density at radius 3 is 2.52 bits per heavy atom. The van der Waals surface area contributed by atoms with E-state index < -0.39 is 17.5 Å². The second kappa shape index (κ2) is 5.96. The summed E-state index contributed by atoms with van der Waals surface area (Å²) in [7, 11) is 0. The van der Waals surface area contributed by atoms with Crippen molar-refractivity contribution in [2.24, 2.45) is 0 Å². The third-order valence-corrected chi connectivity index (χ3v) is 3.12. The molecule has 7 heteroatoms. The predicted octanol–water partition coefficient (Wildman–Crippen LogP) is 3.58. The highest BCUT2D eigenvalue weighted by molar-refractivity contribution is 6.03. The summed E-state index contributed by atoms with van der Waals surface area (Å²) in [4.78, 5) is 11.9. The topological polar surface area (TPSA) is 68.0 Å². The Morgan fingerprint density at radius 2 is 1.83 bits per heavy atom. The van der Waals surface area contributed by atoms with Crippen LogP contribution in [0.5, 0.6) is 0 Å². The minimum Gasteiger partial charge on any atom is -0.403 e. The minimum atomic E-state index is -0.972. The summed E-state index contributed by atoms with van der Waals surface area (Å²) in [6, 6.07) is 9.84. The molecule has 5 nitrogen and oxygen atoms in total. The standard InChI is InChI=1S/C16H11F2N3O2/c1-9-2-4-10(5-3-9)15-20-21-16(23-15)19-14(22)12-7-6-11(17)8-13(12)18/h2-8H,1H3,(H,19,21,22). The van der Waals surface area contributed by atoms with Gasteiger partial charge in [-0.15, -0.1) is 5.10 Å². The summed E-state index contributed by atoms with van der Waals surface area (Å²) in [6.07, 6.45) is 0. The molecule has 1 aromatic heterocycles. The van der Waals surface area contributed by atoms with E-state index in [1.54, 1.807) is 12.1 Å². The van der Waals surface area contributed by atoms with Crippen LogP contribution in [0.2, 0.25) is 0 Å². The fraction of sp³-hybridized carbons (Fsp3) is 0.0625. The van der Waals surface area contributed by atoms with Gasteiger partial charge in [-0.1, -0.05) is 22.8 Å². The first kappa shape index (κ1) is 14.8. The van der Waals surface area contributed by atoms with E-state index in [-0.39, 0.29) is 17.5 Å². The van der Waals surface area contributed by atoms with Crippen LogP contribution >= 0.6 is 0 Å². The van der Waals surface area contributed by atoms with E-state index in [4.69, 9.17) is 4.42 Å². The van der Waals surface area contributed by atoms with Gasteiger partial charge in [0, 0.05) is 11.6 Å². The molecule has 0 saturated heterocycles. The summed E-state index contributed by atoms with van der Waals surface area (Å²) in [6.45, 7) is 1.94. The van der Waals surface area contributed by atoms with Gasteiger partial charge in [0.1, 0.15) is 11.6 Å². The summed E-state index contributed by atoms with van der Waals surface area (Å²) >= 11 is 0. The maximum atomic E-state index is 13.5. The van der Waals surface area contributed by atoms with E-state index in [0.29, 0.717) is 11.6 Å². The van der Waals surface area contributed by atoms with Gasteiger partial charge < -0.3 is 4.42 Å². The summed E-state index contributed by atoms with van der Waals surface area (Å²) in [5.74, 6) is -2.32. The second-order valence-electron chi connectivity index (χ2n) is 4.86. The van der Waals surface area contributed by atoms with Gasteiger partial charge in [-0.2, -0.15) is 0 Å². The lowest BCUT2D eigenvalue weighted by atomic mass is 10.1. The van der Waals surface area contributed by atoms with E-state index in [1.807, 2.05) is 19.1 Å². The van der Waals surface area contributed by atoms with Gasteiger partial charge in [-0.3, -0.25) is 10.1 Å². The molecule has 1 N–H and O–H groups in total. The van der Waals surface area contributed by atoms with Crippen LogP contribution in [-0.4, -0.2) is 16.1 Å². The fourth-order valence-corrected chi connectivity index (χ4v) is 1.92. The Bertz CT molecular complexity index is 860. The Hall–Kier alpha value is -3.09. The first-order chi connectivity index (χ1) is 11.0. The average Bonchev–Trinajstić information content (AvgIpc) is 2.96. The van der Waals surface area contributed by atoms with Crippen molar-refractivity contribution in [1.82, 2.24) is 10.2 Å². The number of carbonyl (C=O) groups is 1. The normalized spacial score (nSPS) is 10.6. The number of nitrogens with one attached hydrogen (secondary N) is 1. The zero-order valence-electron chi connectivity index (χ0n) is 12.0. The van der Waals surface area contributed by atoms with Gasteiger partial charge in [-0.05, 0) is 31.2 Å². The monoisotopic (exact) mass is 315 g/mol. The maximum absolute atomic E-state index is 13.5. The van der Waals surface area contributed by atoms with Crippen LogP contribution in [0.25, 0.3) is 11.5 Å². The van der Waals surface area contributed by atoms with Crippen molar-refractivity contribution in [2.45, 2.75) is 6.92 Å². The van der Waals surface area contributed by atoms with Crippen molar-refractivity contribution in [3.8, 4) is 11.5 Å². The molecule has 0 aliphatic carbocycles. The van der Waals surface area contributed by atoms with Gasteiger partial charge in [0.25, 0.3) is 5.91 Å². The molecule has 1 amide bonds. The first-order valence-corrected chi connectivity index (χ1v) is 6.70. The van der Waals surface area contributed by atoms with E-state index >= 15 is 0 Å². The number of nitrogens with zero attached hydrogens (tertiary/aromatic N) is 2.